The smallest absolute Gasteiger partial charge is 0.185 e. The summed E-state index contributed by atoms with van der Waals surface area (Å²) >= 11 is 0. The zero-order valence-corrected chi connectivity index (χ0v) is 13.8. The predicted octanol–water partition coefficient (Wildman–Crippen LogP) is 3.71. The third-order valence-electron chi connectivity index (χ3n) is 4.07. The molecule has 6 heteroatoms. The molecule has 1 aliphatic heterocycles. The van der Waals surface area contributed by atoms with E-state index in [2.05, 4.69) is 20.6 Å². The summed E-state index contributed by atoms with van der Waals surface area (Å²) in [5.41, 5.74) is 4.23. The molecule has 25 heavy (non-hydrogen) atoms. The number of rotatable bonds is 3. The Kier molecular flexibility index (Phi) is 3.85. The predicted molar refractivity (Wildman–Crippen MR) is 97.6 cm³/mol. The maximum Gasteiger partial charge on any atom is 0.185 e. The van der Waals surface area contributed by atoms with Gasteiger partial charge in [-0.15, -0.1) is 0 Å². The minimum Gasteiger partial charge on any atom is -0.503 e. The lowest BCUT2D eigenvalue weighted by molar-refractivity contribution is 0.323. The van der Waals surface area contributed by atoms with Gasteiger partial charge < -0.3 is 20.5 Å². The summed E-state index contributed by atoms with van der Waals surface area (Å²) in [5, 5.41) is 17.0. The second-order valence-electron chi connectivity index (χ2n) is 5.90. The molecule has 1 aliphatic rings. The lowest BCUT2D eigenvalue weighted by Gasteiger charge is -2.20. The molecule has 0 spiro atoms. The average Bonchev–Trinajstić information content (AvgIpc) is 2.64. The van der Waals surface area contributed by atoms with Crippen molar-refractivity contribution >= 4 is 17.2 Å². The number of hydrogen-bond donors (Lipinski definition) is 3. The second-order valence-corrected chi connectivity index (χ2v) is 5.90. The Morgan fingerprint density at radius 2 is 1.96 bits per heavy atom. The third-order valence-corrected chi connectivity index (χ3v) is 4.07. The van der Waals surface area contributed by atoms with Crippen LogP contribution in [-0.4, -0.2) is 28.2 Å². The van der Waals surface area contributed by atoms with Crippen molar-refractivity contribution in [2.45, 2.75) is 6.92 Å². The molecular formula is C19H18N4O2. The van der Waals surface area contributed by atoms with Gasteiger partial charge in [-0.2, -0.15) is 0 Å². The maximum atomic E-state index is 10.6. The fraction of sp³-hybridized carbons (Fsp3) is 0.158. The van der Waals surface area contributed by atoms with Crippen molar-refractivity contribution in [1.29, 1.82) is 0 Å². The van der Waals surface area contributed by atoms with E-state index in [4.69, 9.17) is 4.74 Å². The second kappa shape index (κ2) is 6.32. The van der Waals surface area contributed by atoms with Crippen LogP contribution in [0, 0.1) is 6.92 Å². The zero-order valence-electron chi connectivity index (χ0n) is 13.8. The van der Waals surface area contributed by atoms with Gasteiger partial charge in [0.2, 0.25) is 0 Å². The first-order valence-corrected chi connectivity index (χ1v) is 8.09. The van der Waals surface area contributed by atoms with Crippen molar-refractivity contribution < 1.29 is 9.84 Å². The molecule has 1 aromatic heterocycles. The lowest BCUT2D eigenvalue weighted by atomic mass is 10.1. The van der Waals surface area contributed by atoms with Crippen LogP contribution in [0.5, 0.6) is 11.5 Å². The van der Waals surface area contributed by atoms with Crippen LogP contribution in [0.25, 0.3) is 11.3 Å². The Labute approximate surface area is 145 Å². The lowest BCUT2D eigenvalue weighted by Crippen LogP contribution is -2.17. The van der Waals surface area contributed by atoms with Gasteiger partial charge >= 0.3 is 0 Å². The minimum atomic E-state index is 0.0168. The van der Waals surface area contributed by atoms with Crippen LogP contribution in [-0.2, 0) is 0 Å². The summed E-state index contributed by atoms with van der Waals surface area (Å²) in [6.45, 7) is 3.45. The van der Waals surface area contributed by atoms with Gasteiger partial charge in [-0.3, -0.25) is 0 Å². The van der Waals surface area contributed by atoms with E-state index in [0.29, 0.717) is 18.1 Å². The highest BCUT2D eigenvalue weighted by molar-refractivity contribution is 5.76. The van der Waals surface area contributed by atoms with Gasteiger partial charge in [-0.25, -0.2) is 9.97 Å². The Morgan fingerprint density at radius 3 is 2.80 bits per heavy atom. The topological polar surface area (TPSA) is 79.3 Å². The summed E-state index contributed by atoms with van der Waals surface area (Å²) in [5.74, 6) is 1.15. The number of fused-ring (bicyclic) bond motifs is 1. The molecule has 0 unspecified atom stereocenters. The van der Waals surface area contributed by atoms with Gasteiger partial charge in [-0.05, 0) is 19.1 Å². The van der Waals surface area contributed by atoms with E-state index < -0.39 is 0 Å². The number of ether oxygens (including phenoxy) is 1. The van der Waals surface area contributed by atoms with Crippen LogP contribution in [0.3, 0.4) is 0 Å². The van der Waals surface area contributed by atoms with E-state index in [1.54, 1.807) is 0 Å². The number of nitrogens with zero attached hydrogens (tertiary/aromatic N) is 2. The van der Waals surface area contributed by atoms with Gasteiger partial charge in [0.15, 0.2) is 11.6 Å². The van der Waals surface area contributed by atoms with E-state index in [9.17, 15) is 5.11 Å². The highest BCUT2D eigenvalue weighted by atomic mass is 16.5. The number of hydrogen-bond acceptors (Lipinski definition) is 6. The van der Waals surface area contributed by atoms with Crippen molar-refractivity contribution in [3.8, 4) is 22.8 Å². The molecule has 0 fully saturated rings. The van der Waals surface area contributed by atoms with Gasteiger partial charge in [0.25, 0.3) is 0 Å². The molecule has 2 aromatic carbocycles. The monoisotopic (exact) mass is 334 g/mol. The third kappa shape index (κ3) is 3.06. The van der Waals surface area contributed by atoms with Crippen molar-refractivity contribution in [1.82, 2.24) is 9.97 Å². The van der Waals surface area contributed by atoms with Crippen LogP contribution in [0.1, 0.15) is 5.56 Å². The number of aromatic nitrogens is 2. The molecule has 2 heterocycles. The van der Waals surface area contributed by atoms with Crippen molar-refractivity contribution in [3.63, 3.8) is 0 Å². The molecule has 0 radical (unpaired) electrons. The maximum absolute atomic E-state index is 10.6. The summed E-state index contributed by atoms with van der Waals surface area (Å²) in [7, 11) is 0. The molecule has 3 aromatic rings. The number of aromatic hydroxyl groups is 1. The number of anilines is 3. The highest BCUT2D eigenvalue weighted by Gasteiger charge is 2.14. The normalized spacial score (nSPS) is 12.7. The first-order valence-electron chi connectivity index (χ1n) is 8.09. The van der Waals surface area contributed by atoms with Gasteiger partial charge in [0, 0.05) is 23.9 Å². The van der Waals surface area contributed by atoms with E-state index in [1.807, 2.05) is 49.4 Å². The summed E-state index contributed by atoms with van der Waals surface area (Å²) in [6.07, 6.45) is 1.44. The molecular weight excluding hydrogens is 316 g/mol. The average molecular weight is 334 g/mol. The van der Waals surface area contributed by atoms with Crippen molar-refractivity contribution in [2.24, 2.45) is 0 Å². The standard InChI is InChI=1S/C19H18N4O2/c1-12-2-4-13(5-3-12)17-18(24)19(22-11-21-17)23-14-6-7-15-16(10-14)25-9-8-20-15/h2-7,10-11,20,24H,8-9H2,1H3,(H,21,22,23). The van der Waals surface area contributed by atoms with Crippen LogP contribution in [0.15, 0.2) is 48.8 Å². The molecule has 0 saturated carbocycles. The van der Waals surface area contributed by atoms with Gasteiger partial charge in [-0.1, -0.05) is 29.8 Å². The fourth-order valence-corrected chi connectivity index (χ4v) is 2.74. The minimum absolute atomic E-state index is 0.0168. The van der Waals surface area contributed by atoms with Crippen LogP contribution >= 0.6 is 0 Å². The number of benzene rings is 2. The Hall–Kier alpha value is -3.28. The van der Waals surface area contributed by atoms with Crippen LogP contribution in [0.4, 0.5) is 17.2 Å². The van der Waals surface area contributed by atoms with E-state index in [0.717, 1.165) is 34.8 Å². The van der Waals surface area contributed by atoms with Crippen LogP contribution in [0.2, 0.25) is 0 Å². The quantitative estimate of drug-likeness (QED) is 0.678. The highest BCUT2D eigenvalue weighted by Crippen LogP contribution is 2.36. The van der Waals surface area contributed by atoms with E-state index in [1.165, 1.54) is 6.33 Å². The molecule has 0 bridgehead atoms. The fourth-order valence-electron chi connectivity index (χ4n) is 2.74. The summed E-state index contributed by atoms with van der Waals surface area (Å²) in [6, 6.07) is 13.6. The molecule has 3 N–H and O–H groups in total. The van der Waals surface area contributed by atoms with Gasteiger partial charge in [0.1, 0.15) is 24.4 Å². The molecule has 0 atom stereocenters. The zero-order chi connectivity index (χ0) is 17.2. The SMILES string of the molecule is Cc1ccc(-c2ncnc(Nc3ccc4c(c3)OCCN4)c2O)cc1. The molecule has 6 nitrogen and oxygen atoms in total. The number of nitrogens with one attached hydrogen (secondary N) is 2. The molecule has 0 saturated heterocycles. The Morgan fingerprint density at radius 1 is 1.12 bits per heavy atom. The largest absolute Gasteiger partial charge is 0.503 e. The Bertz CT molecular complexity index is 910. The van der Waals surface area contributed by atoms with Gasteiger partial charge in [0.05, 0.1) is 5.69 Å². The van der Waals surface area contributed by atoms with Crippen LogP contribution < -0.4 is 15.4 Å². The van der Waals surface area contributed by atoms with Crippen molar-refractivity contribution in [3.05, 3.63) is 54.4 Å². The van der Waals surface area contributed by atoms with E-state index >= 15 is 0 Å². The van der Waals surface area contributed by atoms with E-state index in [-0.39, 0.29) is 5.75 Å². The first-order chi connectivity index (χ1) is 12.2. The summed E-state index contributed by atoms with van der Waals surface area (Å²) < 4.78 is 5.64. The summed E-state index contributed by atoms with van der Waals surface area (Å²) in [4.78, 5) is 8.38. The molecule has 126 valence electrons. The molecule has 4 rings (SSSR count). The Balaban J connectivity index is 1.65. The molecule has 0 aliphatic carbocycles. The first kappa shape index (κ1) is 15.3. The number of aryl methyl sites for hydroxylation is 1. The van der Waals surface area contributed by atoms with Crippen molar-refractivity contribution in [2.75, 3.05) is 23.8 Å². The molecule has 0 amide bonds.